The third-order valence-electron chi connectivity index (χ3n) is 3.52. The second-order valence-electron chi connectivity index (χ2n) is 5.84. The number of thiocarbonyl (C=S) groups is 1. The molecule has 2 N–H and O–H groups in total. The standard InChI is InChI=1S/C18H17ClF3N3S/c1-11(2)13-5-3-12(4-6-13)10-23-25-17(26)24-16-9-14(18(20,21)22)7-8-15(16)19/h3-11H,1-2H3,(H2,24,25,26)/b23-10-. The molecule has 0 aliphatic heterocycles. The van der Waals surface area contributed by atoms with Crippen molar-refractivity contribution < 1.29 is 13.2 Å². The van der Waals surface area contributed by atoms with Crippen molar-refractivity contribution in [2.75, 3.05) is 5.32 Å². The lowest BCUT2D eigenvalue weighted by molar-refractivity contribution is -0.137. The average Bonchev–Trinajstić information content (AvgIpc) is 2.56. The van der Waals surface area contributed by atoms with Crippen LogP contribution in [0.2, 0.25) is 5.02 Å². The van der Waals surface area contributed by atoms with E-state index in [4.69, 9.17) is 23.8 Å². The molecule has 0 aliphatic rings. The summed E-state index contributed by atoms with van der Waals surface area (Å²) >= 11 is 10.9. The van der Waals surface area contributed by atoms with Gasteiger partial charge in [0.2, 0.25) is 0 Å². The predicted molar refractivity (Wildman–Crippen MR) is 104 cm³/mol. The van der Waals surface area contributed by atoms with Gasteiger partial charge in [0, 0.05) is 0 Å². The normalized spacial score (nSPS) is 11.8. The molecule has 2 aromatic carbocycles. The first-order valence-electron chi connectivity index (χ1n) is 7.73. The number of benzene rings is 2. The van der Waals surface area contributed by atoms with Crippen LogP contribution >= 0.6 is 23.8 Å². The van der Waals surface area contributed by atoms with E-state index >= 15 is 0 Å². The summed E-state index contributed by atoms with van der Waals surface area (Å²) in [5.41, 5.74) is 3.86. The lowest BCUT2D eigenvalue weighted by Crippen LogP contribution is -2.24. The van der Waals surface area contributed by atoms with E-state index in [-0.39, 0.29) is 15.8 Å². The van der Waals surface area contributed by atoms with Gasteiger partial charge in [-0.2, -0.15) is 18.3 Å². The van der Waals surface area contributed by atoms with Gasteiger partial charge in [-0.1, -0.05) is 49.7 Å². The molecule has 0 amide bonds. The number of hydrazone groups is 1. The minimum atomic E-state index is -4.46. The minimum absolute atomic E-state index is 0.0290. The van der Waals surface area contributed by atoms with Crippen molar-refractivity contribution in [3.8, 4) is 0 Å². The van der Waals surface area contributed by atoms with Crippen LogP contribution in [0.1, 0.15) is 36.5 Å². The highest BCUT2D eigenvalue weighted by atomic mass is 35.5. The fraction of sp³-hybridized carbons (Fsp3) is 0.222. The van der Waals surface area contributed by atoms with Gasteiger partial charge in [-0.3, -0.25) is 5.43 Å². The molecule has 0 heterocycles. The topological polar surface area (TPSA) is 36.4 Å². The van der Waals surface area contributed by atoms with E-state index in [9.17, 15) is 13.2 Å². The van der Waals surface area contributed by atoms with E-state index in [1.165, 1.54) is 5.56 Å². The maximum Gasteiger partial charge on any atom is 0.416 e. The molecule has 2 aromatic rings. The number of nitrogens with one attached hydrogen (secondary N) is 2. The van der Waals surface area contributed by atoms with Crippen LogP contribution in [-0.4, -0.2) is 11.3 Å². The maximum absolute atomic E-state index is 12.8. The Labute approximate surface area is 160 Å². The largest absolute Gasteiger partial charge is 0.416 e. The van der Waals surface area contributed by atoms with Crippen LogP contribution in [0.5, 0.6) is 0 Å². The first-order valence-corrected chi connectivity index (χ1v) is 8.52. The summed E-state index contributed by atoms with van der Waals surface area (Å²) in [7, 11) is 0. The zero-order valence-corrected chi connectivity index (χ0v) is 15.6. The maximum atomic E-state index is 12.8. The summed E-state index contributed by atoms with van der Waals surface area (Å²) in [6.07, 6.45) is -2.90. The second kappa shape index (κ2) is 8.51. The van der Waals surface area contributed by atoms with E-state index in [0.717, 1.165) is 23.8 Å². The van der Waals surface area contributed by atoms with Gasteiger partial charge >= 0.3 is 6.18 Å². The van der Waals surface area contributed by atoms with Crippen molar-refractivity contribution in [2.24, 2.45) is 5.10 Å². The summed E-state index contributed by atoms with van der Waals surface area (Å²) in [4.78, 5) is 0. The van der Waals surface area contributed by atoms with Crippen molar-refractivity contribution in [3.63, 3.8) is 0 Å². The Morgan fingerprint density at radius 3 is 2.38 bits per heavy atom. The van der Waals surface area contributed by atoms with Gasteiger partial charge in [-0.15, -0.1) is 0 Å². The van der Waals surface area contributed by atoms with Gasteiger partial charge in [0.1, 0.15) is 0 Å². The van der Waals surface area contributed by atoms with Crippen LogP contribution in [0.4, 0.5) is 18.9 Å². The van der Waals surface area contributed by atoms with Gasteiger partial charge in [-0.05, 0) is 47.5 Å². The number of rotatable bonds is 4. The number of hydrogen-bond donors (Lipinski definition) is 2. The number of halogens is 4. The highest BCUT2D eigenvalue weighted by Crippen LogP contribution is 2.33. The van der Waals surface area contributed by atoms with Gasteiger partial charge in [0.15, 0.2) is 5.11 Å². The molecule has 3 nitrogen and oxygen atoms in total. The highest BCUT2D eigenvalue weighted by Gasteiger charge is 2.31. The van der Waals surface area contributed by atoms with Crippen molar-refractivity contribution in [2.45, 2.75) is 25.9 Å². The van der Waals surface area contributed by atoms with Crippen LogP contribution in [-0.2, 0) is 6.18 Å². The molecule has 0 radical (unpaired) electrons. The van der Waals surface area contributed by atoms with Gasteiger partial charge in [0.25, 0.3) is 0 Å². The molecule has 138 valence electrons. The number of nitrogens with zero attached hydrogens (tertiary/aromatic N) is 1. The monoisotopic (exact) mass is 399 g/mol. The molecule has 26 heavy (non-hydrogen) atoms. The molecule has 0 aromatic heterocycles. The molecule has 0 spiro atoms. The van der Waals surface area contributed by atoms with E-state index in [0.29, 0.717) is 5.92 Å². The summed E-state index contributed by atoms with van der Waals surface area (Å²) < 4.78 is 38.3. The third kappa shape index (κ3) is 5.71. The summed E-state index contributed by atoms with van der Waals surface area (Å²) in [6, 6.07) is 10.8. The molecule has 0 atom stereocenters. The lowest BCUT2D eigenvalue weighted by atomic mass is 10.0. The van der Waals surface area contributed by atoms with Crippen LogP contribution in [0.25, 0.3) is 0 Å². The Hall–Kier alpha value is -2.12. The molecule has 8 heteroatoms. The fourth-order valence-electron chi connectivity index (χ4n) is 2.08. The summed E-state index contributed by atoms with van der Waals surface area (Å²) in [5.74, 6) is 0.438. The molecular weight excluding hydrogens is 383 g/mol. The molecule has 0 aliphatic carbocycles. The van der Waals surface area contributed by atoms with E-state index < -0.39 is 11.7 Å². The summed E-state index contributed by atoms with van der Waals surface area (Å²) in [6.45, 7) is 4.21. The Morgan fingerprint density at radius 1 is 1.15 bits per heavy atom. The minimum Gasteiger partial charge on any atom is -0.330 e. The smallest absolute Gasteiger partial charge is 0.330 e. The summed E-state index contributed by atoms with van der Waals surface area (Å²) in [5, 5.41) is 6.73. The Kier molecular flexibility index (Phi) is 6.61. The van der Waals surface area contributed by atoms with E-state index in [1.54, 1.807) is 6.21 Å². The molecule has 2 rings (SSSR count). The van der Waals surface area contributed by atoms with E-state index in [2.05, 4.69) is 29.7 Å². The van der Waals surface area contributed by atoms with E-state index in [1.807, 2.05) is 24.3 Å². The van der Waals surface area contributed by atoms with Crippen molar-refractivity contribution in [3.05, 3.63) is 64.2 Å². The van der Waals surface area contributed by atoms with Gasteiger partial charge < -0.3 is 5.32 Å². The predicted octanol–water partition coefficient (Wildman–Crippen LogP) is 5.80. The molecular formula is C18H17ClF3N3S. The number of hydrogen-bond acceptors (Lipinski definition) is 2. The Morgan fingerprint density at radius 2 is 1.81 bits per heavy atom. The quantitative estimate of drug-likeness (QED) is 0.387. The first kappa shape index (κ1) is 20.2. The van der Waals surface area contributed by atoms with Crippen molar-refractivity contribution in [1.82, 2.24) is 5.43 Å². The van der Waals surface area contributed by atoms with Crippen molar-refractivity contribution in [1.29, 1.82) is 0 Å². The van der Waals surface area contributed by atoms with Gasteiger partial charge in [0.05, 0.1) is 22.5 Å². The average molecular weight is 400 g/mol. The van der Waals surface area contributed by atoms with Crippen LogP contribution < -0.4 is 10.7 Å². The molecule has 0 saturated carbocycles. The Balaban J connectivity index is 1.98. The SMILES string of the molecule is CC(C)c1ccc(/C=N\NC(=S)Nc2cc(C(F)(F)F)ccc2Cl)cc1. The fourth-order valence-corrected chi connectivity index (χ4v) is 2.41. The van der Waals surface area contributed by atoms with Gasteiger partial charge in [-0.25, -0.2) is 0 Å². The zero-order valence-electron chi connectivity index (χ0n) is 14.1. The molecule has 0 unspecified atom stereocenters. The van der Waals surface area contributed by atoms with Crippen LogP contribution in [0.15, 0.2) is 47.6 Å². The number of alkyl halides is 3. The Bertz CT molecular complexity index is 802. The molecule has 0 fully saturated rings. The van der Waals surface area contributed by atoms with Crippen LogP contribution in [0.3, 0.4) is 0 Å². The second-order valence-corrected chi connectivity index (χ2v) is 6.65. The lowest BCUT2D eigenvalue weighted by Gasteiger charge is -2.12. The molecule has 0 bridgehead atoms. The highest BCUT2D eigenvalue weighted by molar-refractivity contribution is 7.80. The number of anilines is 1. The molecule has 0 saturated heterocycles. The third-order valence-corrected chi connectivity index (χ3v) is 4.05. The first-order chi connectivity index (χ1) is 12.2. The van der Waals surface area contributed by atoms with Crippen molar-refractivity contribution >= 4 is 40.8 Å². The zero-order chi connectivity index (χ0) is 19.3. The van der Waals surface area contributed by atoms with Crippen LogP contribution in [0, 0.1) is 0 Å².